The topological polar surface area (TPSA) is 49.5 Å². The van der Waals surface area contributed by atoms with E-state index in [9.17, 15) is 5.11 Å². The van der Waals surface area contributed by atoms with Crippen molar-refractivity contribution in [2.24, 2.45) is 0 Å². The number of aromatic nitrogens is 1. The Bertz CT molecular complexity index is 935. The van der Waals surface area contributed by atoms with Gasteiger partial charge in [-0.05, 0) is 48.9 Å². The Labute approximate surface area is 159 Å². The van der Waals surface area contributed by atoms with Crippen molar-refractivity contribution in [1.82, 2.24) is 9.88 Å². The van der Waals surface area contributed by atoms with Gasteiger partial charge in [-0.2, -0.15) is 0 Å². The summed E-state index contributed by atoms with van der Waals surface area (Å²) in [5.74, 6) is 0.670. The molecule has 3 aromatic rings. The Morgan fingerprint density at radius 1 is 1.11 bits per heavy atom. The summed E-state index contributed by atoms with van der Waals surface area (Å²) in [4.78, 5) is 7.09. The molecule has 2 aliphatic heterocycles. The molecule has 5 rings (SSSR count). The van der Waals surface area contributed by atoms with Crippen LogP contribution in [0, 0.1) is 6.92 Å². The fraction of sp³-hybridized carbons (Fsp3) is 0.435. The lowest BCUT2D eigenvalue weighted by Gasteiger charge is -2.52. The van der Waals surface area contributed by atoms with Gasteiger partial charge in [0.1, 0.15) is 5.52 Å². The van der Waals surface area contributed by atoms with Crippen molar-refractivity contribution in [3.63, 3.8) is 0 Å². The molecule has 1 aromatic heterocycles. The van der Waals surface area contributed by atoms with E-state index < -0.39 is 5.60 Å². The average molecular weight is 362 g/mol. The number of oxazole rings is 1. The number of piperidine rings is 2. The molecule has 0 aliphatic carbocycles. The van der Waals surface area contributed by atoms with Crippen LogP contribution < -0.4 is 0 Å². The predicted molar refractivity (Wildman–Crippen MR) is 105 cm³/mol. The first-order valence-electron chi connectivity index (χ1n) is 10.0. The molecular formula is C23H26N2O2. The van der Waals surface area contributed by atoms with E-state index in [0.717, 1.165) is 48.9 Å². The van der Waals surface area contributed by atoms with Crippen molar-refractivity contribution in [2.45, 2.75) is 63.3 Å². The monoisotopic (exact) mass is 362 g/mol. The second-order valence-electron chi connectivity index (χ2n) is 8.25. The number of aryl methyl sites for hydroxylation is 1. The van der Waals surface area contributed by atoms with Crippen LogP contribution in [-0.2, 0) is 12.1 Å². The third-order valence-corrected chi connectivity index (χ3v) is 6.40. The molecule has 4 heteroatoms. The molecule has 1 N–H and O–H groups in total. The number of hydrogen-bond donors (Lipinski definition) is 1. The van der Waals surface area contributed by atoms with Gasteiger partial charge in [-0.15, -0.1) is 0 Å². The van der Waals surface area contributed by atoms with Crippen LogP contribution in [0.4, 0.5) is 0 Å². The molecular weight excluding hydrogens is 336 g/mol. The minimum atomic E-state index is -0.774. The predicted octanol–water partition coefficient (Wildman–Crippen LogP) is 4.54. The summed E-state index contributed by atoms with van der Waals surface area (Å²) >= 11 is 0. The summed E-state index contributed by atoms with van der Waals surface area (Å²) in [6.07, 6.45) is 5.17. The Morgan fingerprint density at radius 2 is 1.85 bits per heavy atom. The molecule has 2 atom stereocenters. The van der Waals surface area contributed by atoms with E-state index in [2.05, 4.69) is 40.2 Å². The summed E-state index contributed by atoms with van der Waals surface area (Å²) < 4.78 is 5.60. The first-order chi connectivity index (χ1) is 13.1. The van der Waals surface area contributed by atoms with E-state index in [1.165, 1.54) is 12.0 Å². The Hall–Kier alpha value is -2.17. The van der Waals surface area contributed by atoms with Crippen LogP contribution in [0.5, 0.6) is 0 Å². The van der Waals surface area contributed by atoms with Crippen LogP contribution in [0.2, 0.25) is 0 Å². The van der Waals surface area contributed by atoms with E-state index in [-0.39, 0.29) is 0 Å². The van der Waals surface area contributed by atoms with Crippen molar-refractivity contribution in [3.05, 3.63) is 65.5 Å². The van der Waals surface area contributed by atoms with Gasteiger partial charge in [-0.1, -0.05) is 42.8 Å². The van der Waals surface area contributed by atoms with Gasteiger partial charge in [0.2, 0.25) is 0 Å². The highest BCUT2D eigenvalue weighted by Crippen LogP contribution is 2.45. The van der Waals surface area contributed by atoms with Crippen LogP contribution in [0.15, 0.2) is 52.9 Å². The smallest absolute Gasteiger partial charge is 0.192 e. The summed E-state index contributed by atoms with van der Waals surface area (Å²) in [6, 6.07) is 17.6. The summed E-state index contributed by atoms with van der Waals surface area (Å²) in [5.41, 5.74) is 3.21. The van der Waals surface area contributed by atoms with Crippen LogP contribution in [0.25, 0.3) is 11.1 Å². The van der Waals surface area contributed by atoms with Gasteiger partial charge in [0.15, 0.2) is 11.5 Å². The number of fused-ring (bicyclic) bond motifs is 3. The maximum atomic E-state index is 11.6. The normalized spacial score (nSPS) is 28.5. The van der Waals surface area contributed by atoms with Crippen molar-refractivity contribution >= 4 is 11.1 Å². The fourth-order valence-electron chi connectivity index (χ4n) is 5.14. The molecule has 2 aliphatic rings. The zero-order valence-electron chi connectivity index (χ0n) is 15.8. The second kappa shape index (κ2) is 6.47. The molecule has 2 fully saturated rings. The molecule has 0 amide bonds. The largest absolute Gasteiger partial charge is 0.441 e. The van der Waals surface area contributed by atoms with Crippen molar-refractivity contribution in [2.75, 3.05) is 0 Å². The van der Waals surface area contributed by atoms with E-state index in [1.54, 1.807) is 0 Å². The zero-order chi connectivity index (χ0) is 18.4. The number of rotatable bonds is 3. The number of hydrogen-bond acceptors (Lipinski definition) is 4. The van der Waals surface area contributed by atoms with Crippen LogP contribution in [-0.4, -0.2) is 27.1 Å². The molecule has 3 heterocycles. The van der Waals surface area contributed by atoms with E-state index >= 15 is 0 Å². The molecule has 2 saturated heterocycles. The summed E-state index contributed by atoms with van der Waals surface area (Å²) in [7, 11) is 0. The van der Waals surface area contributed by atoms with E-state index in [1.807, 2.05) is 25.1 Å². The minimum Gasteiger partial charge on any atom is -0.441 e. The van der Waals surface area contributed by atoms with Gasteiger partial charge in [0.05, 0.1) is 5.60 Å². The maximum absolute atomic E-state index is 11.6. The lowest BCUT2D eigenvalue weighted by molar-refractivity contribution is -0.0998. The third kappa shape index (κ3) is 3.07. The highest BCUT2D eigenvalue weighted by Gasteiger charge is 2.46. The zero-order valence-corrected chi connectivity index (χ0v) is 15.8. The Morgan fingerprint density at radius 3 is 2.59 bits per heavy atom. The van der Waals surface area contributed by atoms with E-state index in [4.69, 9.17) is 4.42 Å². The lowest BCUT2D eigenvalue weighted by atomic mass is 9.72. The molecule has 0 saturated carbocycles. The van der Waals surface area contributed by atoms with Crippen molar-refractivity contribution in [3.8, 4) is 0 Å². The van der Waals surface area contributed by atoms with Crippen molar-refractivity contribution < 1.29 is 9.52 Å². The van der Waals surface area contributed by atoms with Gasteiger partial charge in [0.25, 0.3) is 0 Å². The minimum absolute atomic E-state index is 0.428. The molecule has 2 unspecified atom stereocenters. The van der Waals surface area contributed by atoms with Gasteiger partial charge in [-0.25, -0.2) is 4.98 Å². The first-order valence-corrected chi connectivity index (χ1v) is 10.0. The number of benzene rings is 2. The van der Waals surface area contributed by atoms with Crippen LogP contribution >= 0.6 is 0 Å². The summed E-state index contributed by atoms with van der Waals surface area (Å²) in [5, 5.41) is 11.6. The number of aliphatic hydroxyl groups is 1. The average Bonchev–Trinajstić information content (AvgIpc) is 3.03. The molecule has 0 radical (unpaired) electrons. The standard InChI is InChI=1S/C23H26N2O2/c1-16-24-21-12-18(10-11-22(21)27-16)23(26)13-19-8-5-9-20(14-23)25(19)15-17-6-3-2-4-7-17/h2-4,6-7,10-12,19-20,26H,5,8-9,13-15H2,1H3. The third-order valence-electron chi connectivity index (χ3n) is 6.40. The van der Waals surface area contributed by atoms with Crippen LogP contribution in [0.3, 0.4) is 0 Å². The fourth-order valence-corrected chi connectivity index (χ4v) is 5.14. The molecule has 27 heavy (non-hydrogen) atoms. The van der Waals surface area contributed by atoms with E-state index in [0.29, 0.717) is 18.0 Å². The molecule has 0 spiro atoms. The first kappa shape index (κ1) is 17.0. The SMILES string of the molecule is Cc1nc2cc(C3(O)CC4CCCC(C3)N4Cc3ccccc3)ccc2o1. The number of nitrogens with zero attached hydrogens (tertiary/aromatic N) is 2. The van der Waals surface area contributed by atoms with Crippen LogP contribution in [0.1, 0.15) is 49.1 Å². The summed E-state index contributed by atoms with van der Waals surface area (Å²) in [6.45, 7) is 2.84. The highest BCUT2D eigenvalue weighted by molar-refractivity contribution is 5.73. The van der Waals surface area contributed by atoms with Gasteiger partial charge in [0, 0.05) is 25.6 Å². The van der Waals surface area contributed by atoms with Crippen molar-refractivity contribution in [1.29, 1.82) is 0 Å². The van der Waals surface area contributed by atoms with Gasteiger partial charge in [-0.3, -0.25) is 4.90 Å². The second-order valence-corrected chi connectivity index (χ2v) is 8.25. The van der Waals surface area contributed by atoms with Gasteiger partial charge < -0.3 is 9.52 Å². The molecule has 140 valence electrons. The molecule has 4 nitrogen and oxygen atoms in total. The quantitative estimate of drug-likeness (QED) is 0.743. The molecule has 2 aromatic carbocycles. The van der Waals surface area contributed by atoms with Gasteiger partial charge >= 0.3 is 0 Å². The Balaban J connectivity index is 1.43. The lowest BCUT2D eigenvalue weighted by Crippen LogP contribution is -2.56. The Kier molecular flexibility index (Phi) is 4.06. The highest BCUT2D eigenvalue weighted by atomic mass is 16.3. The molecule has 2 bridgehead atoms. The maximum Gasteiger partial charge on any atom is 0.192 e.